The van der Waals surface area contributed by atoms with Gasteiger partial charge in [0.15, 0.2) is 0 Å². The number of carbonyl (C=O) groups is 2. The number of para-hydroxylation sites is 1. The van der Waals surface area contributed by atoms with Crippen LogP contribution in [-0.2, 0) is 4.79 Å². The summed E-state index contributed by atoms with van der Waals surface area (Å²) in [4.78, 5) is 28.8. The smallest absolute Gasteiger partial charge is 0.312 e. The monoisotopic (exact) mass is 273 g/mol. The highest BCUT2D eigenvalue weighted by atomic mass is 16.4. The number of hydrogen-bond acceptors (Lipinski definition) is 5. The van der Waals surface area contributed by atoms with Gasteiger partial charge in [-0.05, 0) is 11.6 Å². The molecule has 0 aliphatic carbocycles. The molecule has 8 heteroatoms. The third-order valence-corrected chi connectivity index (χ3v) is 3.22. The number of nitrogens with zero attached hydrogens (tertiary/aromatic N) is 3. The lowest BCUT2D eigenvalue weighted by molar-refractivity contribution is -0.138. The predicted octanol–water partition coefficient (Wildman–Crippen LogP) is 0.215. The number of nitrogen functional groups attached to an aromatic ring is 1. The molecule has 1 unspecified atom stereocenters. The minimum absolute atomic E-state index is 0.0108. The molecule has 1 atom stereocenters. The molecule has 8 nitrogen and oxygen atoms in total. The van der Waals surface area contributed by atoms with Crippen molar-refractivity contribution in [3.8, 4) is 0 Å². The van der Waals surface area contributed by atoms with E-state index in [4.69, 9.17) is 5.73 Å². The highest BCUT2D eigenvalue weighted by Gasteiger charge is 2.37. The number of carboxylic acid groups (broad SMARTS) is 1. The summed E-state index contributed by atoms with van der Waals surface area (Å²) in [5.41, 5.74) is 6.55. The van der Waals surface area contributed by atoms with Crippen LogP contribution in [0.1, 0.15) is 22.1 Å². The molecule has 3 rings (SSSR count). The maximum absolute atomic E-state index is 12.3. The highest BCUT2D eigenvalue weighted by molar-refractivity contribution is 6.06. The van der Waals surface area contributed by atoms with E-state index in [2.05, 4.69) is 15.2 Å². The standard InChI is InChI=1S/C12H11N5O3/c13-12-14-9(15-16-12)10(18)17-5-7(11(19)20)6-3-1-2-4-8(6)17/h1-4,7H,5H2,(H,19,20)(H3,13,14,15,16). The molecule has 1 aromatic heterocycles. The van der Waals surface area contributed by atoms with Crippen molar-refractivity contribution in [2.24, 2.45) is 0 Å². The summed E-state index contributed by atoms with van der Waals surface area (Å²) in [7, 11) is 0. The molecule has 102 valence electrons. The summed E-state index contributed by atoms with van der Waals surface area (Å²) < 4.78 is 0. The third-order valence-electron chi connectivity index (χ3n) is 3.22. The number of aliphatic carboxylic acids is 1. The fraction of sp³-hybridized carbons (Fsp3) is 0.167. The molecule has 1 amide bonds. The predicted molar refractivity (Wildman–Crippen MR) is 69.3 cm³/mol. The number of fused-ring (bicyclic) bond motifs is 1. The Kier molecular flexibility index (Phi) is 2.63. The molecule has 0 saturated carbocycles. The topological polar surface area (TPSA) is 125 Å². The van der Waals surface area contributed by atoms with Crippen LogP contribution in [0.25, 0.3) is 0 Å². The Morgan fingerprint density at radius 3 is 2.80 bits per heavy atom. The van der Waals surface area contributed by atoms with Crippen molar-refractivity contribution >= 4 is 23.5 Å². The summed E-state index contributed by atoms with van der Waals surface area (Å²) in [5, 5.41) is 15.3. The molecule has 0 radical (unpaired) electrons. The van der Waals surface area contributed by atoms with Crippen LogP contribution in [0, 0.1) is 0 Å². The van der Waals surface area contributed by atoms with Crippen molar-refractivity contribution < 1.29 is 14.7 Å². The number of carboxylic acids is 1. The molecule has 20 heavy (non-hydrogen) atoms. The average molecular weight is 273 g/mol. The number of anilines is 2. The number of amides is 1. The van der Waals surface area contributed by atoms with Crippen LogP contribution < -0.4 is 10.6 Å². The molecule has 1 aliphatic rings. The van der Waals surface area contributed by atoms with E-state index in [0.29, 0.717) is 11.3 Å². The Hall–Kier alpha value is -2.90. The van der Waals surface area contributed by atoms with Gasteiger partial charge in [0, 0.05) is 12.2 Å². The molecule has 4 N–H and O–H groups in total. The lowest BCUT2D eigenvalue weighted by Crippen LogP contribution is -2.32. The molecule has 1 aliphatic heterocycles. The first-order valence-corrected chi connectivity index (χ1v) is 5.89. The van der Waals surface area contributed by atoms with Gasteiger partial charge in [-0.15, -0.1) is 5.10 Å². The molecule has 0 fully saturated rings. The van der Waals surface area contributed by atoms with Crippen molar-refractivity contribution in [1.29, 1.82) is 0 Å². The summed E-state index contributed by atoms with van der Waals surface area (Å²) >= 11 is 0. The van der Waals surface area contributed by atoms with E-state index >= 15 is 0 Å². The van der Waals surface area contributed by atoms with E-state index in [0.717, 1.165) is 0 Å². The van der Waals surface area contributed by atoms with Crippen molar-refractivity contribution in [2.75, 3.05) is 17.2 Å². The number of hydrogen-bond donors (Lipinski definition) is 3. The van der Waals surface area contributed by atoms with Gasteiger partial charge in [0.05, 0.1) is 0 Å². The zero-order chi connectivity index (χ0) is 14.3. The number of aromatic amines is 1. The van der Waals surface area contributed by atoms with E-state index < -0.39 is 17.8 Å². The summed E-state index contributed by atoms with van der Waals surface area (Å²) in [6.45, 7) is 0.0636. The second kappa shape index (κ2) is 4.34. The van der Waals surface area contributed by atoms with E-state index in [9.17, 15) is 14.7 Å². The molecule has 0 bridgehead atoms. The zero-order valence-electron chi connectivity index (χ0n) is 10.3. The third kappa shape index (κ3) is 1.78. The fourth-order valence-electron chi connectivity index (χ4n) is 2.31. The van der Waals surface area contributed by atoms with Crippen molar-refractivity contribution in [3.05, 3.63) is 35.7 Å². The van der Waals surface area contributed by atoms with Crippen LogP contribution in [0.3, 0.4) is 0 Å². The van der Waals surface area contributed by atoms with Crippen LogP contribution in [-0.4, -0.2) is 38.7 Å². The van der Waals surface area contributed by atoms with Gasteiger partial charge in [-0.1, -0.05) is 18.2 Å². The van der Waals surface area contributed by atoms with Gasteiger partial charge in [-0.3, -0.25) is 14.7 Å². The Balaban J connectivity index is 2.00. The number of nitrogens with one attached hydrogen (secondary N) is 1. The Bertz CT molecular complexity index is 696. The molecular formula is C12H11N5O3. The number of nitrogens with two attached hydrogens (primary N) is 1. The largest absolute Gasteiger partial charge is 0.481 e. The maximum atomic E-state index is 12.3. The van der Waals surface area contributed by atoms with Crippen LogP contribution in [0.15, 0.2) is 24.3 Å². The lowest BCUT2D eigenvalue weighted by Gasteiger charge is -2.15. The number of rotatable bonds is 2. The quantitative estimate of drug-likeness (QED) is 0.718. The first kappa shape index (κ1) is 12.2. The molecule has 0 saturated heterocycles. The average Bonchev–Trinajstić information content (AvgIpc) is 3.02. The van der Waals surface area contributed by atoms with Crippen molar-refractivity contribution in [3.63, 3.8) is 0 Å². The Morgan fingerprint density at radius 1 is 1.40 bits per heavy atom. The summed E-state index contributed by atoms with van der Waals surface area (Å²) in [6, 6.07) is 6.90. The van der Waals surface area contributed by atoms with Gasteiger partial charge in [-0.25, -0.2) is 0 Å². The summed E-state index contributed by atoms with van der Waals surface area (Å²) in [5.74, 6) is -2.20. The van der Waals surface area contributed by atoms with Gasteiger partial charge in [-0.2, -0.15) is 4.98 Å². The highest BCUT2D eigenvalue weighted by Crippen LogP contribution is 2.36. The minimum atomic E-state index is -0.968. The molecule has 1 aromatic carbocycles. The zero-order valence-corrected chi connectivity index (χ0v) is 10.3. The second-order valence-corrected chi connectivity index (χ2v) is 4.41. The van der Waals surface area contributed by atoms with Crippen LogP contribution >= 0.6 is 0 Å². The summed E-state index contributed by atoms with van der Waals surface area (Å²) in [6.07, 6.45) is 0. The Labute approximate surface area is 113 Å². The number of H-pyrrole nitrogens is 1. The minimum Gasteiger partial charge on any atom is -0.481 e. The van der Waals surface area contributed by atoms with E-state index in [1.54, 1.807) is 24.3 Å². The number of carbonyl (C=O) groups excluding carboxylic acids is 1. The van der Waals surface area contributed by atoms with Gasteiger partial charge in [0.2, 0.25) is 11.8 Å². The van der Waals surface area contributed by atoms with Crippen LogP contribution in [0.5, 0.6) is 0 Å². The van der Waals surface area contributed by atoms with Crippen molar-refractivity contribution in [1.82, 2.24) is 15.2 Å². The van der Waals surface area contributed by atoms with Gasteiger partial charge >= 0.3 is 5.97 Å². The van der Waals surface area contributed by atoms with Crippen LogP contribution in [0.4, 0.5) is 11.6 Å². The second-order valence-electron chi connectivity index (χ2n) is 4.41. The van der Waals surface area contributed by atoms with E-state index in [-0.39, 0.29) is 18.3 Å². The van der Waals surface area contributed by atoms with Crippen LogP contribution in [0.2, 0.25) is 0 Å². The first-order chi connectivity index (χ1) is 9.58. The molecule has 0 spiro atoms. The van der Waals surface area contributed by atoms with Gasteiger partial charge in [0.25, 0.3) is 5.91 Å². The fourth-order valence-corrected chi connectivity index (χ4v) is 2.31. The van der Waals surface area contributed by atoms with E-state index in [1.807, 2.05) is 0 Å². The molecular weight excluding hydrogens is 262 g/mol. The first-order valence-electron chi connectivity index (χ1n) is 5.89. The Morgan fingerprint density at radius 2 is 2.15 bits per heavy atom. The number of benzene rings is 1. The lowest BCUT2D eigenvalue weighted by atomic mass is 10.0. The normalized spacial score (nSPS) is 17.0. The SMILES string of the molecule is Nc1n[nH]c(C(=O)N2CC(C(=O)O)c3ccccc32)n1. The van der Waals surface area contributed by atoms with Gasteiger partial charge < -0.3 is 15.7 Å². The molecule has 2 heterocycles. The molecule has 2 aromatic rings. The van der Waals surface area contributed by atoms with Gasteiger partial charge in [0.1, 0.15) is 5.92 Å². The number of aromatic nitrogens is 3. The van der Waals surface area contributed by atoms with Crippen molar-refractivity contribution in [2.45, 2.75) is 5.92 Å². The maximum Gasteiger partial charge on any atom is 0.312 e. The van der Waals surface area contributed by atoms with E-state index in [1.165, 1.54) is 4.90 Å².